The molecule has 3 nitrogen and oxygen atoms in total. The summed E-state index contributed by atoms with van der Waals surface area (Å²) >= 11 is 14.2. The van der Waals surface area contributed by atoms with E-state index >= 15 is 0 Å². The highest BCUT2D eigenvalue weighted by atomic mass is 35.5. The average molecular weight is 441 g/mol. The number of nitriles is 1. The maximum atomic E-state index is 9.63. The molecule has 0 radical (unpaired) electrons. The fourth-order valence-electron chi connectivity index (χ4n) is 3.44. The molecular weight excluding hydrogens is 423 g/mol. The Balaban J connectivity index is 1.65. The predicted molar refractivity (Wildman–Crippen MR) is 120 cm³/mol. The van der Waals surface area contributed by atoms with E-state index < -0.39 is 0 Å². The van der Waals surface area contributed by atoms with Gasteiger partial charge in [-0.15, -0.1) is 11.3 Å². The van der Waals surface area contributed by atoms with Crippen molar-refractivity contribution < 1.29 is 4.74 Å². The summed E-state index contributed by atoms with van der Waals surface area (Å²) in [5, 5.41) is 11.3. The molecule has 1 aliphatic carbocycles. The zero-order valence-electron chi connectivity index (χ0n) is 15.6. The van der Waals surface area contributed by atoms with Crippen molar-refractivity contribution in [1.29, 1.82) is 5.26 Å². The molecule has 0 unspecified atom stereocenters. The van der Waals surface area contributed by atoms with Crippen LogP contribution in [0.5, 0.6) is 5.75 Å². The van der Waals surface area contributed by atoms with Gasteiger partial charge < -0.3 is 4.74 Å². The van der Waals surface area contributed by atoms with Gasteiger partial charge in [-0.05, 0) is 48.9 Å². The van der Waals surface area contributed by atoms with E-state index in [-0.39, 0.29) is 0 Å². The molecule has 0 spiro atoms. The molecule has 4 rings (SSSR count). The van der Waals surface area contributed by atoms with Crippen molar-refractivity contribution in [2.45, 2.75) is 32.3 Å². The van der Waals surface area contributed by atoms with Crippen LogP contribution in [0.25, 0.3) is 0 Å². The minimum absolute atomic E-state index is 0.389. The van der Waals surface area contributed by atoms with Crippen LogP contribution in [0.3, 0.4) is 0 Å². The van der Waals surface area contributed by atoms with Gasteiger partial charge >= 0.3 is 0 Å². The van der Waals surface area contributed by atoms with E-state index in [0.29, 0.717) is 33.5 Å². The quantitative estimate of drug-likeness (QED) is 0.395. The second-order valence-corrected chi connectivity index (χ2v) is 8.77. The van der Waals surface area contributed by atoms with E-state index in [1.807, 2.05) is 30.3 Å². The molecule has 1 heterocycles. The maximum absolute atomic E-state index is 9.63. The first-order valence-electron chi connectivity index (χ1n) is 9.40. The van der Waals surface area contributed by atoms with Gasteiger partial charge in [0.1, 0.15) is 23.4 Å². The molecule has 0 saturated heterocycles. The summed E-state index contributed by atoms with van der Waals surface area (Å²) in [5.41, 5.74) is 3.59. The third kappa shape index (κ3) is 4.48. The lowest BCUT2D eigenvalue weighted by molar-refractivity contribution is 0.306. The number of halogens is 2. The number of aliphatic imine (C=N–C) groups is 1. The molecule has 146 valence electrons. The first-order chi connectivity index (χ1) is 14.2. The lowest BCUT2D eigenvalue weighted by Crippen LogP contribution is -1.99. The lowest BCUT2D eigenvalue weighted by atomic mass is 9.96. The fraction of sp³-hybridized carbons (Fsp3) is 0.217. The third-order valence-electron chi connectivity index (χ3n) is 4.85. The number of nitrogens with zero attached hydrogens (tertiary/aromatic N) is 2. The summed E-state index contributed by atoms with van der Waals surface area (Å²) in [7, 11) is 0. The number of hydrogen-bond donors (Lipinski definition) is 0. The number of rotatable bonds is 5. The zero-order chi connectivity index (χ0) is 20.2. The molecule has 0 atom stereocenters. The summed E-state index contributed by atoms with van der Waals surface area (Å²) < 4.78 is 5.99. The van der Waals surface area contributed by atoms with Crippen molar-refractivity contribution in [3.63, 3.8) is 0 Å². The van der Waals surface area contributed by atoms with Crippen LogP contribution in [-0.2, 0) is 19.4 Å². The topological polar surface area (TPSA) is 45.4 Å². The monoisotopic (exact) mass is 440 g/mol. The van der Waals surface area contributed by atoms with E-state index in [2.05, 4.69) is 11.1 Å². The SMILES string of the molecule is N#Cc1c(N=Cc2cc(Cl)cc(Cl)c2OCc2ccccc2)sc2c1CCCC2. The number of benzene rings is 2. The minimum Gasteiger partial charge on any atom is -0.487 e. The van der Waals surface area contributed by atoms with Crippen LogP contribution in [0.4, 0.5) is 5.00 Å². The molecule has 1 aromatic heterocycles. The third-order valence-corrected chi connectivity index (χ3v) is 6.55. The van der Waals surface area contributed by atoms with E-state index in [0.717, 1.165) is 29.8 Å². The Bertz CT molecular complexity index is 1100. The van der Waals surface area contributed by atoms with Gasteiger partial charge in [0.25, 0.3) is 0 Å². The van der Waals surface area contributed by atoms with Crippen molar-refractivity contribution in [2.24, 2.45) is 4.99 Å². The zero-order valence-corrected chi connectivity index (χ0v) is 17.9. The summed E-state index contributed by atoms with van der Waals surface area (Å²) in [6, 6.07) is 15.6. The normalized spacial score (nSPS) is 13.3. The fourth-order valence-corrected chi connectivity index (χ4v) is 5.19. The Morgan fingerprint density at radius 3 is 2.72 bits per heavy atom. The van der Waals surface area contributed by atoms with Crippen molar-refractivity contribution in [1.82, 2.24) is 0 Å². The lowest BCUT2D eigenvalue weighted by Gasteiger charge is -2.11. The molecular formula is C23H18Cl2N2OS. The molecule has 0 aliphatic heterocycles. The van der Waals surface area contributed by atoms with Crippen LogP contribution in [0.2, 0.25) is 10.0 Å². The van der Waals surface area contributed by atoms with Gasteiger partial charge in [0.15, 0.2) is 0 Å². The van der Waals surface area contributed by atoms with Crippen LogP contribution >= 0.6 is 34.5 Å². The summed E-state index contributed by atoms with van der Waals surface area (Å²) in [6.07, 6.45) is 5.97. The summed E-state index contributed by atoms with van der Waals surface area (Å²) in [5.74, 6) is 0.531. The minimum atomic E-state index is 0.389. The van der Waals surface area contributed by atoms with Gasteiger partial charge in [0.05, 0.1) is 10.6 Å². The summed E-state index contributed by atoms with van der Waals surface area (Å²) in [4.78, 5) is 5.91. The maximum Gasteiger partial charge on any atom is 0.147 e. The second kappa shape index (κ2) is 9.00. The highest BCUT2D eigenvalue weighted by molar-refractivity contribution is 7.16. The van der Waals surface area contributed by atoms with Crippen LogP contribution in [0.15, 0.2) is 47.5 Å². The number of ether oxygens (including phenoxy) is 1. The van der Waals surface area contributed by atoms with Crippen LogP contribution in [0.1, 0.15) is 40.0 Å². The molecule has 2 aromatic carbocycles. The molecule has 0 N–H and O–H groups in total. The van der Waals surface area contributed by atoms with Gasteiger partial charge in [0, 0.05) is 21.7 Å². The van der Waals surface area contributed by atoms with E-state index in [1.165, 1.54) is 16.9 Å². The van der Waals surface area contributed by atoms with Crippen molar-refractivity contribution in [3.05, 3.63) is 79.6 Å². The summed E-state index contributed by atoms with van der Waals surface area (Å²) in [6.45, 7) is 0.389. The second-order valence-electron chi connectivity index (χ2n) is 6.84. The Morgan fingerprint density at radius 2 is 1.93 bits per heavy atom. The Hall–Kier alpha value is -2.32. The molecule has 0 saturated carbocycles. The number of hydrogen-bond acceptors (Lipinski definition) is 4. The van der Waals surface area contributed by atoms with Crippen LogP contribution in [-0.4, -0.2) is 6.21 Å². The number of fused-ring (bicyclic) bond motifs is 1. The molecule has 29 heavy (non-hydrogen) atoms. The number of thiophene rings is 1. The van der Waals surface area contributed by atoms with Gasteiger partial charge in [0.2, 0.25) is 0 Å². The Morgan fingerprint density at radius 1 is 1.14 bits per heavy atom. The van der Waals surface area contributed by atoms with Crippen LogP contribution in [0, 0.1) is 11.3 Å². The van der Waals surface area contributed by atoms with Gasteiger partial charge in [-0.3, -0.25) is 0 Å². The predicted octanol–water partition coefficient (Wildman–Crippen LogP) is 7.13. The standard InChI is InChI=1S/C23H18Cl2N2OS/c24-17-10-16(22(20(25)11-17)28-14-15-6-2-1-3-7-15)13-27-23-19(12-26)18-8-4-5-9-21(18)29-23/h1-3,6-7,10-11,13H,4-5,8-9,14H2. The molecule has 0 fully saturated rings. The molecule has 1 aliphatic rings. The molecule has 6 heteroatoms. The Labute approximate surface area is 184 Å². The van der Waals surface area contributed by atoms with E-state index in [1.54, 1.807) is 29.7 Å². The highest BCUT2D eigenvalue weighted by Gasteiger charge is 2.20. The van der Waals surface area contributed by atoms with Gasteiger partial charge in [-0.25, -0.2) is 4.99 Å². The Kier molecular flexibility index (Phi) is 6.20. The van der Waals surface area contributed by atoms with E-state index in [9.17, 15) is 5.26 Å². The van der Waals surface area contributed by atoms with Crippen molar-refractivity contribution in [2.75, 3.05) is 0 Å². The van der Waals surface area contributed by atoms with Gasteiger partial charge in [-0.1, -0.05) is 53.5 Å². The van der Waals surface area contributed by atoms with E-state index in [4.69, 9.17) is 27.9 Å². The molecule has 0 amide bonds. The van der Waals surface area contributed by atoms with Crippen LogP contribution < -0.4 is 4.74 Å². The number of aryl methyl sites for hydroxylation is 1. The first-order valence-corrected chi connectivity index (χ1v) is 11.0. The molecule has 3 aromatic rings. The van der Waals surface area contributed by atoms with Crippen molar-refractivity contribution in [3.8, 4) is 11.8 Å². The first kappa shape index (κ1) is 20.0. The largest absolute Gasteiger partial charge is 0.487 e. The highest BCUT2D eigenvalue weighted by Crippen LogP contribution is 2.40. The smallest absolute Gasteiger partial charge is 0.147 e. The average Bonchev–Trinajstić information content (AvgIpc) is 3.09. The van der Waals surface area contributed by atoms with Crippen molar-refractivity contribution >= 4 is 45.8 Å². The molecule has 0 bridgehead atoms. The van der Waals surface area contributed by atoms with Gasteiger partial charge in [-0.2, -0.15) is 5.26 Å².